The standard InChI is InChI=1S/C27H32O8/c1-8-9-18(26(29)35-27(2,3)4)24(16-10-22(30-5)25(32-7)23(11-16)31-6)19-13-21-20(33-15-34-21)12-17(19)14-28/h8,10-14,18,24H,1,9,15H2,2-7H3. The van der Waals surface area contributed by atoms with Gasteiger partial charge in [0.05, 0.1) is 27.2 Å². The van der Waals surface area contributed by atoms with Gasteiger partial charge >= 0.3 is 5.97 Å². The Morgan fingerprint density at radius 3 is 2.11 bits per heavy atom. The summed E-state index contributed by atoms with van der Waals surface area (Å²) in [5.41, 5.74) is 0.902. The Kier molecular flexibility index (Phi) is 7.94. The van der Waals surface area contributed by atoms with E-state index in [0.29, 0.717) is 51.9 Å². The molecule has 0 spiro atoms. The van der Waals surface area contributed by atoms with Crippen LogP contribution in [0.2, 0.25) is 0 Å². The van der Waals surface area contributed by atoms with Gasteiger partial charge < -0.3 is 28.4 Å². The quantitative estimate of drug-likeness (QED) is 0.267. The summed E-state index contributed by atoms with van der Waals surface area (Å²) in [5, 5.41) is 0. The Morgan fingerprint density at radius 2 is 1.63 bits per heavy atom. The molecular weight excluding hydrogens is 452 g/mol. The smallest absolute Gasteiger partial charge is 0.310 e. The molecule has 2 atom stereocenters. The number of carbonyl (C=O) groups excluding carboxylic acids is 2. The van der Waals surface area contributed by atoms with Gasteiger partial charge in [0.25, 0.3) is 0 Å². The summed E-state index contributed by atoms with van der Waals surface area (Å²) in [5.74, 6) is 0.437. The summed E-state index contributed by atoms with van der Waals surface area (Å²) in [6, 6.07) is 6.90. The molecule has 2 aromatic carbocycles. The lowest BCUT2D eigenvalue weighted by atomic mass is 9.77. The van der Waals surface area contributed by atoms with Crippen LogP contribution in [0.15, 0.2) is 36.9 Å². The number of aldehydes is 1. The largest absolute Gasteiger partial charge is 0.493 e. The molecule has 0 saturated carbocycles. The van der Waals surface area contributed by atoms with Crippen molar-refractivity contribution in [2.75, 3.05) is 28.1 Å². The molecule has 35 heavy (non-hydrogen) atoms. The van der Waals surface area contributed by atoms with E-state index in [0.717, 1.165) is 6.29 Å². The van der Waals surface area contributed by atoms with Crippen LogP contribution >= 0.6 is 0 Å². The van der Waals surface area contributed by atoms with E-state index in [-0.39, 0.29) is 6.79 Å². The van der Waals surface area contributed by atoms with Crippen molar-refractivity contribution >= 4 is 12.3 Å². The number of hydrogen-bond donors (Lipinski definition) is 0. The zero-order valence-electron chi connectivity index (χ0n) is 21.0. The van der Waals surface area contributed by atoms with Crippen LogP contribution in [-0.4, -0.2) is 46.0 Å². The molecular formula is C27H32O8. The normalized spacial score (nSPS) is 14.0. The molecule has 0 radical (unpaired) electrons. The molecule has 0 saturated heterocycles. The molecule has 188 valence electrons. The van der Waals surface area contributed by atoms with E-state index in [4.69, 9.17) is 28.4 Å². The predicted molar refractivity (Wildman–Crippen MR) is 130 cm³/mol. The maximum Gasteiger partial charge on any atom is 0.310 e. The van der Waals surface area contributed by atoms with Crippen LogP contribution in [0.4, 0.5) is 0 Å². The van der Waals surface area contributed by atoms with Gasteiger partial charge in [-0.2, -0.15) is 0 Å². The van der Waals surface area contributed by atoms with Gasteiger partial charge in [-0.25, -0.2) is 0 Å². The van der Waals surface area contributed by atoms with Crippen LogP contribution in [0.25, 0.3) is 0 Å². The number of allylic oxidation sites excluding steroid dienone is 1. The summed E-state index contributed by atoms with van der Waals surface area (Å²) >= 11 is 0. The van der Waals surface area contributed by atoms with E-state index in [2.05, 4.69) is 6.58 Å². The number of ether oxygens (including phenoxy) is 6. The zero-order valence-corrected chi connectivity index (χ0v) is 21.0. The molecule has 1 aliphatic rings. The molecule has 2 unspecified atom stereocenters. The Hall–Kier alpha value is -3.68. The lowest BCUT2D eigenvalue weighted by Crippen LogP contribution is -2.32. The summed E-state index contributed by atoms with van der Waals surface area (Å²) in [6.07, 6.45) is 2.69. The molecule has 8 nitrogen and oxygen atoms in total. The van der Waals surface area contributed by atoms with E-state index in [9.17, 15) is 9.59 Å². The fourth-order valence-electron chi connectivity index (χ4n) is 4.18. The third-order valence-corrected chi connectivity index (χ3v) is 5.62. The summed E-state index contributed by atoms with van der Waals surface area (Å²) in [4.78, 5) is 25.7. The van der Waals surface area contributed by atoms with Gasteiger partial charge in [0.1, 0.15) is 11.9 Å². The third-order valence-electron chi connectivity index (χ3n) is 5.62. The van der Waals surface area contributed by atoms with Crippen molar-refractivity contribution in [2.45, 2.75) is 38.7 Å². The maximum absolute atomic E-state index is 13.5. The molecule has 0 aliphatic carbocycles. The van der Waals surface area contributed by atoms with Gasteiger partial charge in [0.15, 0.2) is 23.0 Å². The van der Waals surface area contributed by atoms with Crippen molar-refractivity contribution in [3.63, 3.8) is 0 Å². The highest BCUT2D eigenvalue weighted by Gasteiger charge is 2.37. The van der Waals surface area contributed by atoms with Gasteiger partial charge in [0.2, 0.25) is 12.5 Å². The molecule has 0 fully saturated rings. The highest BCUT2D eigenvalue weighted by molar-refractivity contribution is 5.82. The van der Waals surface area contributed by atoms with Crippen LogP contribution in [-0.2, 0) is 9.53 Å². The van der Waals surface area contributed by atoms with Crippen LogP contribution < -0.4 is 23.7 Å². The lowest BCUT2D eigenvalue weighted by molar-refractivity contribution is -0.160. The third kappa shape index (κ3) is 5.53. The van der Waals surface area contributed by atoms with E-state index < -0.39 is 23.4 Å². The molecule has 2 aromatic rings. The summed E-state index contributed by atoms with van der Waals surface area (Å²) in [7, 11) is 4.55. The average molecular weight is 485 g/mol. The van der Waals surface area contributed by atoms with E-state index in [1.807, 2.05) is 20.8 Å². The maximum atomic E-state index is 13.5. The summed E-state index contributed by atoms with van der Waals surface area (Å²) < 4.78 is 33.4. The second kappa shape index (κ2) is 10.7. The molecule has 0 N–H and O–H groups in total. The Labute approximate surface area is 205 Å². The number of benzene rings is 2. The number of hydrogen-bond acceptors (Lipinski definition) is 8. The minimum Gasteiger partial charge on any atom is -0.493 e. The first kappa shape index (κ1) is 25.9. The Bertz CT molecular complexity index is 1070. The first-order valence-corrected chi connectivity index (χ1v) is 11.2. The highest BCUT2D eigenvalue weighted by atomic mass is 16.7. The fourth-order valence-corrected chi connectivity index (χ4v) is 4.18. The van der Waals surface area contributed by atoms with Gasteiger partial charge in [-0.15, -0.1) is 6.58 Å². The van der Waals surface area contributed by atoms with Crippen molar-refractivity contribution in [1.29, 1.82) is 0 Å². The SMILES string of the molecule is C=CCC(C(=O)OC(C)(C)C)C(c1cc(OC)c(OC)c(OC)c1)c1cc2c(cc1C=O)OCO2. The second-order valence-electron chi connectivity index (χ2n) is 9.05. The van der Waals surface area contributed by atoms with E-state index in [1.165, 1.54) is 21.3 Å². The molecule has 0 aromatic heterocycles. The van der Waals surface area contributed by atoms with Gasteiger partial charge in [-0.1, -0.05) is 6.08 Å². The Morgan fingerprint density at radius 1 is 1.03 bits per heavy atom. The van der Waals surface area contributed by atoms with E-state index >= 15 is 0 Å². The molecule has 0 amide bonds. The number of carbonyl (C=O) groups is 2. The van der Waals surface area contributed by atoms with Gasteiger partial charge in [0, 0.05) is 11.5 Å². The second-order valence-corrected chi connectivity index (χ2v) is 9.05. The number of esters is 1. The van der Waals surface area contributed by atoms with Crippen LogP contribution in [0.5, 0.6) is 28.7 Å². The molecule has 1 heterocycles. The number of methoxy groups -OCH3 is 3. The van der Waals surface area contributed by atoms with Crippen molar-refractivity contribution in [2.24, 2.45) is 5.92 Å². The van der Waals surface area contributed by atoms with Crippen molar-refractivity contribution < 1.29 is 38.0 Å². The topological polar surface area (TPSA) is 89.5 Å². The van der Waals surface area contributed by atoms with E-state index in [1.54, 1.807) is 30.3 Å². The van der Waals surface area contributed by atoms with Crippen molar-refractivity contribution in [3.05, 3.63) is 53.6 Å². The summed E-state index contributed by atoms with van der Waals surface area (Å²) in [6.45, 7) is 9.32. The minimum absolute atomic E-state index is 0.0497. The van der Waals surface area contributed by atoms with Crippen molar-refractivity contribution in [1.82, 2.24) is 0 Å². The van der Waals surface area contributed by atoms with Gasteiger partial charge in [-0.3, -0.25) is 9.59 Å². The fraction of sp³-hybridized carbons (Fsp3) is 0.407. The van der Waals surface area contributed by atoms with Crippen LogP contribution in [0.3, 0.4) is 0 Å². The molecule has 8 heteroatoms. The first-order valence-electron chi connectivity index (χ1n) is 11.2. The predicted octanol–water partition coefficient (Wildman–Crippen LogP) is 4.92. The first-order chi connectivity index (χ1) is 16.7. The number of rotatable bonds is 10. The molecule has 0 bridgehead atoms. The number of fused-ring (bicyclic) bond motifs is 1. The minimum atomic E-state index is -0.714. The highest BCUT2D eigenvalue weighted by Crippen LogP contribution is 2.47. The molecule has 1 aliphatic heterocycles. The van der Waals surface area contributed by atoms with Gasteiger partial charge in [-0.05, 0) is 62.6 Å². The monoisotopic (exact) mass is 484 g/mol. The Balaban J connectivity index is 2.31. The average Bonchev–Trinajstić information content (AvgIpc) is 3.28. The molecule has 3 rings (SSSR count). The van der Waals surface area contributed by atoms with Crippen LogP contribution in [0.1, 0.15) is 54.6 Å². The lowest BCUT2D eigenvalue weighted by Gasteiger charge is -2.31. The van der Waals surface area contributed by atoms with Crippen molar-refractivity contribution in [3.8, 4) is 28.7 Å². The zero-order chi connectivity index (χ0) is 25.8. The van der Waals surface area contributed by atoms with Crippen LogP contribution in [0, 0.1) is 5.92 Å².